The van der Waals surface area contributed by atoms with Crippen molar-refractivity contribution in [3.8, 4) is 11.3 Å². The van der Waals surface area contributed by atoms with E-state index in [0.717, 1.165) is 23.9 Å². The number of alkyl halides is 3. The van der Waals surface area contributed by atoms with Crippen molar-refractivity contribution in [1.82, 2.24) is 9.97 Å². The molecule has 2 heterocycles. The van der Waals surface area contributed by atoms with E-state index >= 15 is 0 Å². The second-order valence-electron chi connectivity index (χ2n) is 6.54. The van der Waals surface area contributed by atoms with Crippen LogP contribution in [-0.4, -0.2) is 24.9 Å². The van der Waals surface area contributed by atoms with Gasteiger partial charge in [-0.05, 0) is 24.6 Å². The summed E-state index contributed by atoms with van der Waals surface area (Å²) in [6.07, 6.45) is -3.14. The number of halogens is 3. The molecular weight excluding hydrogens is 435 g/mol. The molecule has 3 aromatic rings. The first-order chi connectivity index (χ1) is 14.2. The summed E-state index contributed by atoms with van der Waals surface area (Å²) >= 11 is 1.15. The first-order valence-corrected chi connectivity index (χ1v) is 11.4. The molecule has 0 fully saturated rings. The molecule has 0 radical (unpaired) electrons. The van der Waals surface area contributed by atoms with Crippen molar-refractivity contribution >= 4 is 27.5 Å². The molecule has 156 valence electrons. The lowest BCUT2D eigenvalue weighted by Gasteiger charge is -2.30. The molecule has 0 saturated heterocycles. The van der Waals surface area contributed by atoms with E-state index in [-0.39, 0.29) is 17.2 Å². The fraction of sp³-hybridized carbons (Fsp3) is 0.200. The Hall–Kier alpha value is -2.59. The van der Waals surface area contributed by atoms with Crippen molar-refractivity contribution in [1.29, 1.82) is 0 Å². The molecule has 5 nitrogen and oxygen atoms in total. The van der Waals surface area contributed by atoms with Crippen molar-refractivity contribution in [3.05, 3.63) is 65.9 Å². The summed E-state index contributed by atoms with van der Waals surface area (Å²) in [4.78, 5) is 8.59. The van der Waals surface area contributed by atoms with E-state index in [1.54, 1.807) is 37.3 Å². The van der Waals surface area contributed by atoms with Crippen LogP contribution in [0.5, 0.6) is 0 Å². The summed E-state index contributed by atoms with van der Waals surface area (Å²) in [5, 5.41) is 0.293. The predicted molar refractivity (Wildman–Crippen MR) is 109 cm³/mol. The second-order valence-corrected chi connectivity index (χ2v) is 9.31. The van der Waals surface area contributed by atoms with Gasteiger partial charge in [-0.3, -0.25) is 4.31 Å². The van der Waals surface area contributed by atoms with Crippen LogP contribution in [0.3, 0.4) is 0 Å². The van der Waals surface area contributed by atoms with Gasteiger partial charge in [0.2, 0.25) is 0 Å². The number of aromatic nitrogens is 2. The second kappa shape index (κ2) is 7.59. The molecule has 10 heteroatoms. The predicted octanol–water partition coefficient (Wildman–Crippen LogP) is 4.98. The van der Waals surface area contributed by atoms with Crippen molar-refractivity contribution in [3.63, 3.8) is 0 Å². The Bertz CT molecular complexity index is 1210. The minimum Gasteiger partial charge on any atom is -0.266 e. The number of benzene rings is 2. The SMILES string of the molecule is CCN1c2ccccc2-c2nc(SCc3cccc(C(F)(F)F)c3)ncc2S1(=O)=O. The Balaban J connectivity index is 1.67. The lowest BCUT2D eigenvalue weighted by molar-refractivity contribution is -0.137. The van der Waals surface area contributed by atoms with E-state index in [0.29, 0.717) is 27.7 Å². The van der Waals surface area contributed by atoms with E-state index in [4.69, 9.17) is 0 Å². The van der Waals surface area contributed by atoms with Gasteiger partial charge in [-0.25, -0.2) is 18.4 Å². The van der Waals surface area contributed by atoms with Crippen LogP contribution in [0.2, 0.25) is 0 Å². The Morgan fingerprint density at radius 2 is 1.87 bits per heavy atom. The highest BCUT2D eigenvalue weighted by molar-refractivity contribution is 7.98. The van der Waals surface area contributed by atoms with E-state index in [9.17, 15) is 21.6 Å². The molecule has 0 amide bonds. The molecule has 1 aromatic heterocycles. The van der Waals surface area contributed by atoms with Gasteiger partial charge in [-0.15, -0.1) is 0 Å². The van der Waals surface area contributed by atoms with Gasteiger partial charge < -0.3 is 0 Å². The van der Waals surface area contributed by atoms with Gasteiger partial charge in [0.25, 0.3) is 10.0 Å². The average Bonchev–Trinajstić information content (AvgIpc) is 2.72. The van der Waals surface area contributed by atoms with Crippen LogP contribution in [0, 0.1) is 0 Å². The number of sulfonamides is 1. The lowest BCUT2D eigenvalue weighted by Crippen LogP contribution is -2.34. The zero-order valence-corrected chi connectivity index (χ0v) is 17.4. The van der Waals surface area contributed by atoms with Gasteiger partial charge in [0.05, 0.1) is 23.1 Å². The maximum absolute atomic E-state index is 13.0. The number of para-hydroxylation sites is 1. The number of fused-ring (bicyclic) bond motifs is 3. The average molecular weight is 451 g/mol. The topological polar surface area (TPSA) is 63.2 Å². The molecule has 0 atom stereocenters. The van der Waals surface area contributed by atoms with Crippen LogP contribution in [-0.2, 0) is 22.0 Å². The fourth-order valence-electron chi connectivity index (χ4n) is 3.27. The standard InChI is InChI=1S/C20H16F3N3O2S2/c1-2-26-16-9-4-3-8-15(16)18-17(30(26,27)28)11-24-19(25-18)29-12-13-6-5-7-14(10-13)20(21,22)23/h3-11H,2,12H2,1H3. The third-order valence-electron chi connectivity index (χ3n) is 4.64. The number of hydrogen-bond donors (Lipinski definition) is 0. The maximum atomic E-state index is 13.0. The molecule has 30 heavy (non-hydrogen) atoms. The summed E-state index contributed by atoms with van der Waals surface area (Å²) in [6.45, 7) is 2.02. The normalized spacial score (nSPS) is 14.9. The number of nitrogens with zero attached hydrogens (tertiary/aromatic N) is 3. The Morgan fingerprint density at radius 1 is 1.10 bits per heavy atom. The highest BCUT2D eigenvalue weighted by Gasteiger charge is 2.35. The smallest absolute Gasteiger partial charge is 0.266 e. The minimum atomic E-state index is -4.41. The minimum absolute atomic E-state index is 0.0199. The monoisotopic (exact) mass is 451 g/mol. The van der Waals surface area contributed by atoms with E-state index in [1.165, 1.54) is 16.6 Å². The van der Waals surface area contributed by atoms with Crippen LogP contribution in [0.25, 0.3) is 11.3 Å². The summed E-state index contributed by atoms with van der Waals surface area (Å²) in [7, 11) is -3.78. The fourth-order valence-corrected chi connectivity index (χ4v) is 5.61. The molecule has 0 bridgehead atoms. The largest absolute Gasteiger partial charge is 0.416 e. The summed E-state index contributed by atoms with van der Waals surface area (Å²) in [6, 6.07) is 12.1. The van der Waals surface area contributed by atoms with Crippen LogP contribution in [0.4, 0.5) is 18.9 Å². The number of thioether (sulfide) groups is 1. The summed E-state index contributed by atoms with van der Waals surface area (Å²) in [5.41, 5.74) is 1.28. The first-order valence-electron chi connectivity index (χ1n) is 9.00. The highest BCUT2D eigenvalue weighted by atomic mass is 32.2. The quantitative estimate of drug-likeness (QED) is 0.413. The van der Waals surface area contributed by atoms with E-state index in [2.05, 4.69) is 9.97 Å². The van der Waals surface area contributed by atoms with Crippen molar-refractivity contribution in [2.45, 2.75) is 28.9 Å². The number of anilines is 1. The molecule has 1 aliphatic heterocycles. The summed E-state index contributed by atoms with van der Waals surface area (Å²) in [5.74, 6) is 0.220. The van der Waals surface area contributed by atoms with Gasteiger partial charge in [-0.2, -0.15) is 13.2 Å². The Labute approximate surface area is 176 Å². The maximum Gasteiger partial charge on any atom is 0.416 e. The number of hydrogen-bond acceptors (Lipinski definition) is 5. The van der Waals surface area contributed by atoms with E-state index in [1.807, 2.05) is 0 Å². The van der Waals surface area contributed by atoms with Gasteiger partial charge in [0.1, 0.15) is 4.90 Å². The molecule has 0 N–H and O–H groups in total. The van der Waals surface area contributed by atoms with Crippen LogP contribution in [0.15, 0.2) is 64.8 Å². The van der Waals surface area contributed by atoms with Gasteiger partial charge in [0.15, 0.2) is 5.16 Å². The molecule has 0 aliphatic carbocycles. The van der Waals surface area contributed by atoms with Crippen LogP contribution < -0.4 is 4.31 Å². The van der Waals surface area contributed by atoms with Crippen molar-refractivity contribution in [2.75, 3.05) is 10.8 Å². The highest BCUT2D eigenvalue weighted by Crippen LogP contribution is 2.42. The molecule has 0 spiro atoms. The zero-order chi connectivity index (χ0) is 21.5. The first kappa shape index (κ1) is 20.7. The van der Waals surface area contributed by atoms with Crippen LogP contribution in [0.1, 0.15) is 18.1 Å². The zero-order valence-electron chi connectivity index (χ0n) is 15.7. The molecule has 4 rings (SSSR count). The van der Waals surface area contributed by atoms with Crippen molar-refractivity contribution < 1.29 is 21.6 Å². The third kappa shape index (κ3) is 3.65. The van der Waals surface area contributed by atoms with Gasteiger partial charge >= 0.3 is 6.18 Å². The Kier molecular flexibility index (Phi) is 5.23. The third-order valence-corrected chi connectivity index (χ3v) is 7.46. The lowest BCUT2D eigenvalue weighted by atomic mass is 10.1. The van der Waals surface area contributed by atoms with Crippen LogP contribution >= 0.6 is 11.8 Å². The molecule has 1 aliphatic rings. The Morgan fingerprint density at radius 3 is 2.60 bits per heavy atom. The molecule has 0 saturated carbocycles. The summed E-state index contributed by atoms with van der Waals surface area (Å²) < 4.78 is 65.9. The molecular formula is C20H16F3N3O2S2. The number of rotatable bonds is 4. The van der Waals surface area contributed by atoms with Gasteiger partial charge in [-0.1, -0.05) is 48.2 Å². The van der Waals surface area contributed by atoms with E-state index < -0.39 is 21.8 Å². The van der Waals surface area contributed by atoms with Gasteiger partial charge in [0, 0.05) is 17.9 Å². The van der Waals surface area contributed by atoms with Crippen molar-refractivity contribution in [2.24, 2.45) is 0 Å². The molecule has 2 aromatic carbocycles. The molecule has 0 unspecified atom stereocenters.